The molecule has 7 nitrogen and oxygen atoms in total. The molecular weight excluding hydrogens is 328 g/mol. The van der Waals surface area contributed by atoms with E-state index in [0.29, 0.717) is 11.3 Å². The Morgan fingerprint density at radius 3 is 3.05 bits per heavy atom. The fourth-order valence-corrected chi connectivity index (χ4v) is 1.92. The highest BCUT2D eigenvalue weighted by atomic mass is 79.9. The van der Waals surface area contributed by atoms with E-state index in [4.69, 9.17) is 4.74 Å². The number of rotatable bonds is 4. The molecule has 1 atom stereocenters. The van der Waals surface area contributed by atoms with Gasteiger partial charge in [0.05, 0.1) is 13.3 Å². The molecule has 2 amide bonds. The van der Waals surface area contributed by atoms with Crippen molar-refractivity contribution in [3.05, 3.63) is 28.2 Å². The topological polar surface area (TPSA) is 92.2 Å². The van der Waals surface area contributed by atoms with E-state index in [9.17, 15) is 9.59 Å². The zero-order valence-corrected chi connectivity index (χ0v) is 12.0. The van der Waals surface area contributed by atoms with Crippen LogP contribution in [0.5, 0.6) is 5.75 Å². The molecule has 0 saturated carbocycles. The average molecular weight is 339 g/mol. The number of ether oxygens (including phenoxy) is 1. The summed E-state index contributed by atoms with van der Waals surface area (Å²) in [7, 11) is 1.54. The van der Waals surface area contributed by atoms with Gasteiger partial charge in [0.25, 0.3) is 11.8 Å². The van der Waals surface area contributed by atoms with Crippen molar-refractivity contribution in [3.8, 4) is 5.75 Å². The van der Waals surface area contributed by atoms with E-state index in [0.717, 1.165) is 4.47 Å². The Morgan fingerprint density at radius 1 is 1.60 bits per heavy atom. The molecule has 1 aromatic rings. The number of nitrogens with zero attached hydrogens (tertiary/aromatic N) is 2. The van der Waals surface area contributed by atoms with Gasteiger partial charge in [0.2, 0.25) is 0 Å². The Morgan fingerprint density at radius 2 is 2.40 bits per heavy atom. The number of benzene rings is 1. The Hall–Kier alpha value is -2.22. The second kappa shape index (κ2) is 6.29. The molecule has 0 fully saturated rings. The molecule has 0 saturated heterocycles. The number of hydrazone groups is 2. The number of methoxy groups -OCH3 is 1. The van der Waals surface area contributed by atoms with Crippen LogP contribution in [0.3, 0.4) is 0 Å². The Balaban J connectivity index is 2.03. The first kappa shape index (κ1) is 14.2. The third kappa shape index (κ3) is 3.21. The summed E-state index contributed by atoms with van der Waals surface area (Å²) in [5.74, 6) is -1.35. The predicted octanol–water partition coefficient (Wildman–Crippen LogP) is 0.640. The third-order valence-electron chi connectivity index (χ3n) is 2.53. The van der Waals surface area contributed by atoms with Crippen molar-refractivity contribution < 1.29 is 14.3 Å². The highest BCUT2D eigenvalue weighted by Gasteiger charge is 2.28. The molecule has 2 rings (SSSR count). The standard InChI is InChI=1S/C12H11BrN4O3/c1-20-10-3-2-8(13)4-7(10)5-14-16-11(18)9-6-15-17-12(9)19/h2-6,9H,1H3,(H,16,18)(H,17,19)/b14-5+. The molecule has 1 unspecified atom stereocenters. The van der Waals surface area contributed by atoms with Gasteiger partial charge in [-0.1, -0.05) is 15.9 Å². The van der Waals surface area contributed by atoms with Crippen LogP contribution in [0, 0.1) is 5.92 Å². The van der Waals surface area contributed by atoms with Gasteiger partial charge in [-0.25, -0.2) is 10.9 Å². The largest absolute Gasteiger partial charge is 0.496 e. The first-order chi connectivity index (χ1) is 9.61. The SMILES string of the molecule is COc1ccc(Br)cc1/C=N/NC(=O)C1C=NNC1=O. The smallest absolute Gasteiger partial charge is 0.258 e. The lowest BCUT2D eigenvalue weighted by Crippen LogP contribution is -2.34. The number of nitrogens with one attached hydrogen (secondary N) is 2. The van der Waals surface area contributed by atoms with E-state index in [1.54, 1.807) is 19.2 Å². The van der Waals surface area contributed by atoms with Crippen molar-refractivity contribution in [1.29, 1.82) is 0 Å². The maximum Gasteiger partial charge on any atom is 0.258 e. The molecule has 1 aliphatic heterocycles. The number of halogens is 1. The summed E-state index contributed by atoms with van der Waals surface area (Å²) in [6.45, 7) is 0. The molecule has 0 aromatic heterocycles. The van der Waals surface area contributed by atoms with E-state index >= 15 is 0 Å². The number of carbonyl (C=O) groups is 2. The van der Waals surface area contributed by atoms with Crippen LogP contribution < -0.4 is 15.6 Å². The van der Waals surface area contributed by atoms with Gasteiger partial charge in [-0.15, -0.1) is 0 Å². The normalized spacial score (nSPS) is 17.3. The lowest BCUT2D eigenvalue weighted by molar-refractivity contribution is -0.131. The average Bonchev–Trinajstić information content (AvgIpc) is 2.85. The van der Waals surface area contributed by atoms with E-state index in [1.807, 2.05) is 6.07 Å². The maximum absolute atomic E-state index is 11.6. The van der Waals surface area contributed by atoms with Gasteiger partial charge >= 0.3 is 0 Å². The van der Waals surface area contributed by atoms with Gasteiger partial charge in [0, 0.05) is 16.3 Å². The Labute approximate surface area is 123 Å². The second-order valence-corrected chi connectivity index (χ2v) is 4.77. The van der Waals surface area contributed by atoms with Crippen molar-refractivity contribution in [2.75, 3.05) is 7.11 Å². The number of carbonyl (C=O) groups excluding carboxylic acids is 2. The third-order valence-corrected chi connectivity index (χ3v) is 3.03. The van der Waals surface area contributed by atoms with Gasteiger partial charge in [-0.05, 0) is 18.2 Å². The molecule has 1 aromatic carbocycles. The van der Waals surface area contributed by atoms with Crippen LogP contribution in [0.25, 0.3) is 0 Å². The summed E-state index contributed by atoms with van der Waals surface area (Å²) in [4.78, 5) is 22.9. The van der Waals surface area contributed by atoms with Crippen molar-refractivity contribution in [3.63, 3.8) is 0 Å². The summed E-state index contributed by atoms with van der Waals surface area (Å²) >= 11 is 3.33. The minimum Gasteiger partial charge on any atom is -0.496 e. The van der Waals surface area contributed by atoms with Crippen LogP contribution in [-0.4, -0.2) is 31.4 Å². The highest BCUT2D eigenvalue weighted by molar-refractivity contribution is 9.10. The van der Waals surface area contributed by atoms with Crippen molar-refractivity contribution in [1.82, 2.24) is 10.9 Å². The zero-order valence-electron chi connectivity index (χ0n) is 10.5. The van der Waals surface area contributed by atoms with Gasteiger partial charge in [-0.3, -0.25) is 9.59 Å². The van der Waals surface area contributed by atoms with Crippen LogP contribution >= 0.6 is 15.9 Å². The van der Waals surface area contributed by atoms with Crippen LogP contribution in [0.15, 0.2) is 32.9 Å². The monoisotopic (exact) mass is 338 g/mol. The fraction of sp³-hybridized carbons (Fsp3) is 0.167. The lowest BCUT2D eigenvalue weighted by atomic mass is 10.1. The van der Waals surface area contributed by atoms with Crippen molar-refractivity contribution in [2.45, 2.75) is 0 Å². The summed E-state index contributed by atoms with van der Waals surface area (Å²) in [6.07, 6.45) is 2.67. The predicted molar refractivity (Wildman–Crippen MR) is 76.6 cm³/mol. The maximum atomic E-state index is 11.6. The first-order valence-corrected chi connectivity index (χ1v) is 6.40. The van der Waals surface area contributed by atoms with Crippen LogP contribution in [0.4, 0.5) is 0 Å². The van der Waals surface area contributed by atoms with E-state index < -0.39 is 17.7 Å². The molecule has 1 heterocycles. The molecular formula is C12H11BrN4O3. The van der Waals surface area contributed by atoms with E-state index in [-0.39, 0.29) is 0 Å². The summed E-state index contributed by atoms with van der Waals surface area (Å²) in [5, 5.41) is 7.31. The minimum atomic E-state index is -0.948. The highest BCUT2D eigenvalue weighted by Crippen LogP contribution is 2.21. The van der Waals surface area contributed by atoms with Crippen LogP contribution in [-0.2, 0) is 9.59 Å². The summed E-state index contributed by atoms with van der Waals surface area (Å²) in [5.41, 5.74) is 5.14. The number of hydrogen-bond donors (Lipinski definition) is 2. The Bertz CT molecular complexity index is 600. The number of hydrogen-bond acceptors (Lipinski definition) is 5. The van der Waals surface area contributed by atoms with Gasteiger partial charge in [0.1, 0.15) is 5.75 Å². The molecule has 20 heavy (non-hydrogen) atoms. The van der Waals surface area contributed by atoms with E-state index in [2.05, 4.69) is 37.0 Å². The van der Waals surface area contributed by atoms with Gasteiger partial charge < -0.3 is 4.74 Å². The zero-order chi connectivity index (χ0) is 14.5. The molecule has 0 spiro atoms. The van der Waals surface area contributed by atoms with Crippen molar-refractivity contribution in [2.24, 2.45) is 16.1 Å². The lowest BCUT2D eigenvalue weighted by Gasteiger charge is -2.05. The first-order valence-electron chi connectivity index (χ1n) is 5.61. The summed E-state index contributed by atoms with van der Waals surface area (Å²) < 4.78 is 6.02. The van der Waals surface area contributed by atoms with Gasteiger partial charge in [0.15, 0.2) is 5.92 Å². The van der Waals surface area contributed by atoms with Crippen molar-refractivity contribution >= 4 is 40.2 Å². The Kier molecular flexibility index (Phi) is 4.46. The molecule has 0 bridgehead atoms. The molecule has 0 radical (unpaired) electrons. The molecule has 8 heteroatoms. The minimum absolute atomic E-state index is 0.474. The van der Waals surface area contributed by atoms with Crippen LogP contribution in [0.2, 0.25) is 0 Å². The fourth-order valence-electron chi connectivity index (χ4n) is 1.54. The van der Waals surface area contributed by atoms with Gasteiger partial charge in [-0.2, -0.15) is 10.2 Å². The molecule has 104 valence electrons. The van der Waals surface area contributed by atoms with Crippen LogP contribution in [0.1, 0.15) is 5.56 Å². The number of amides is 2. The second-order valence-electron chi connectivity index (χ2n) is 3.85. The molecule has 2 N–H and O–H groups in total. The van der Waals surface area contributed by atoms with E-state index in [1.165, 1.54) is 12.4 Å². The molecule has 0 aliphatic carbocycles. The molecule has 1 aliphatic rings. The summed E-state index contributed by atoms with van der Waals surface area (Å²) in [6, 6.07) is 5.39. The quantitative estimate of drug-likeness (QED) is 0.479.